The fourth-order valence-corrected chi connectivity index (χ4v) is 3.22. The van der Waals surface area contributed by atoms with Gasteiger partial charge in [-0.3, -0.25) is 19.3 Å². The summed E-state index contributed by atoms with van der Waals surface area (Å²) < 4.78 is 5.53. The molecule has 26 heavy (non-hydrogen) atoms. The maximum absolute atomic E-state index is 12.3. The van der Waals surface area contributed by atoms with Gasteiger partial charge in [-0.15, -0.1) is 0 Å². The third-order valence-corrected chi connectivity index (χ3v) is 4.70. The number of methoxy groups -OCH3 is 1. The summed E-state index contributed by atoms with van der Waals surface area (Å²) in [6.07, 6.45) is 2.94. The standard InChI is InChI=1S/C21H21NO4/c1-26-17(13-15-8-10-16(14-23)11-9-15)5-4-12-22-20(24)18-6-2-3-7-19(18)21(22)25/h2-3,6-11,14,17H,4-5,12-13H2,1H3. The molecule has 1 heterocycles. The molecule has 0 radical (unpaired) electrons. The van der Waals surface area contributed by atoms with Crippen LogP contribution in [0.2, 0.25) is 0 Å². The fourth-order valence-electron chi connectivity index (χ4n) is 3.22. The van der Waals surface area contributed by atoms with E-state index in [1.165, 1.54) is 4.90 Å². The molecule has 0 saturated heterocycles. The van der Waals surface area contributed by atoms with E-state index in [-0.39, 0.29) is 17.9 Å². The molecule has 2 aromatic carbocycles. The molecule has 0 aliphatic carbocycles. The minimum atomic E-state index is -0.219. The Kier molecular flexibility index (Phi) is 5.58. The molecule has 3 rings (SSSR count). The molecule has 1 aliphatic rings. The van der Waals surface area contributed by atoms with Crippen LogP contribution in [0.4, 0.5) is 0 Å². The molecule has 1 aliphatic heterocycles. The molecule has 2 amide bonds. The van der Waals surface area contributed by atoms with E-state index in [9.17, 15) is 14.4 Å². The molecule has 134 valence electrons. The van der Waals surface area contributed by atoms with Crippen LogP contribution in [0.1, 0.15) is 49.5 Å². The van der Waals surface area contributed by atoms with Crippen LogP contribution >= 0.6 is 0 Å². The first-order valence-electron chi connectivity index (χ1n) is 8.66. The third kappa shape index (κ3) is 3.73. The van der Waals surface area contributed by atoms with Crippen LogP contribution in [0.25, 0.3) is 0 Å². The van der Waals surface area contributed by atoms with Crippen molar-refractivity contribution in [1.29, 1.82) is 0 Å². The maximum atomic E-state index is 12.3. The van der Waals surface area contributed by atoms with Crippen LogP contribution in [0, 0.1) is 0 Å². The molecular formula is C21H21NO4. The summed E-state index contributed by atoms with van der Waals surface area (Å²) in [6.45, 7) is 0.385. The number of amides is 2. The highest BCUT2D eigenvalue weighted by Crippen LogP contribution is 2.23. The van der Waals surface area contributed by atoms with Crippen molar-refractivity contribution in [2.45, 2.75) is 25.4 Å². The number of carbonyl (C=O) groups is 3. The van der Waals surface area contributed by atoms with Crippen LogP contribution in [0.5, 0.6) is 0 Å². The predicted octanol–water partition coefficient (Wildman–Crippen LogP) is 3.13. The van der Waals surface area contributed by atoms with Crippen LogP contribution in [0.3, 0.4) is 0 Å². The zero-order valence-corrected chi connectivity index (χ0v) is 14.7. The highest BCUT2D eigenvalue weighted by atomic mass is 16.5. The summed E-state index contributed by atoms with van der Waals surface area (Å²) in [5.41, 5.74) is 2.70. The van der Waals surface area contributed by atoms with Gasteiger partial charge in [-0.1, -0.05) is 36.4 Å². The Bertz CT molecular complexity index is 778. The third-order valence-electron chi connectivity index (χ3n) is 4.70. The second-order valence-corrected chi connectivity index (χ2v) is 6.37. The number of aldehydes is 1. The van der Waals surface area contributed by atoms with E-state index in [1.807, 2.05) is 12.1 Å². The van der Waals surface area contributed by atoms with Crippen molar-refractivity contribution < 1.29 is 19.1 Å². The summed E-state index contributed by atoms with van der Waals surface area (Å²) in [5.74, 6) is -0.437. The summed E-state index contributed by atoms with van der Waals surface area (Å²) in [5, 5.41) is 0. The lowest BCUT2D eigenvalue weighted by atomic mass is 10.0. The Morgan fingerprint density at radius 3 is 2.15 bits per heavy atom. The normalized spacial score (nSPS) is 14.4. The molecule has 0 aromatic heterocycles. The largest absolute Gasteiger partial charge is 0.381 e. The first kappa shape index (κ1) is 18.0. The SMILES string of the molecule is COC(CCCN1C(=O)c2ccccc2C1=O)Cc1ccc(C=O)cc1. The number of fused-ring (bicyclic) bond motifs is 1. The van der Waals surface area contributed by atoms with E-state index in [0.29, 0.717) is 29.7 Å². The second kappa shape index (κ2) is 8.06. The van der Waals surface area contributed by atoms with Crippen molar-refractivity contribution in [2.24, 2.45) is 0 Å². The molecule has 0 N–H and O–H groups in total. The minimum absolute atomic E-state index is 0.00716. The number of hydrogen-bond acceptors (Lipinski definition) is 4. The Balaban J connectivity index is 1.54. The number of hydrogen-bond donors (Lipinski definition) is 0. The highest BCUT2D eigenvalue weighted by Gasteiger charge is 2.34. The maximum Gasteiger partial charge on any atom is 0.261 e. The minimum Gasteiger partial charge on any atom is -0.381 e. The molecule has 0 bridgehead atoms. The van der Waals surface area contributed by atoms with Crippen molar-refractivity contribution in [3.8, 4) is 0 Å². The number of nitrogens with zero attached hydrogens (tertiary/aromatic N) is 1. The van der Waals surface area contributed by atoms with Crippen molar-refractivity contribution in [3.63, 3.8) is 0 Å². The van der Waals surface area contributed by atoms with Gasteiger partial charge in [0.05, 0.1) is 17.2 Å². The van der Waals surface area contributed by atoms with E-state index in [1.54, 1.807) is 43.5 Å². The Labute approximate surface area is 152 Å². The average molecular weight is 351 g/mol. The summed E-state index contributed by atoms with van der Waals surface area (Å²) >= 11 is 0. The average Bonchev–Trinajstić information content (AvgIpc) is 2.93. The first-order valence-corrected chi connectivity index (χ1v) is 8.66. The zero-order valence-electron chi connectivity index (χ0n) is 14.7. The van der Waals surface area contributed by atoms with Gasteiger partial charge in [-0.25, -0.2) is 0 Å². The number of ether oxygens (including phenoxy) is 1. The Hall–Kier alpha value is -2.79. The topological polar surface area (TPSA) is 63.7 Å². The lowest BCUT2D eigenvalue weighted by molar-refractivity contribution is 0.0621. The van der Waals surface area contributed by atoms with Gasteiger partial charge in [0.15, 0.2) is 0 Å². The van der Waals surface area contributed by atoms with E-state index < -0.39 is 0 Å². The molecule has 0 fully saturated rings. The smallest absolute Gasteiger partial charge is 0.261 e. The monoisotopic (exact) mass is 351 g/mol. The van der Waals surface area contributed by atoms with Gasteiger partial charge in [0.1, 0.15) is 6.29 Å². The summed E-state index contributed by atoms with van der Waals surface area (Å²) in [6, 6.07) is 14.3. The number of imide groups is 1. The van der Waals surface area contributed by atoms with Gasteiger partial charge >= 0.3 is 0 Å². The van der Waals surface area contributed by atoms with Crippen molar-refractivity contribution in [2.75, 3.05) is 13.7 Å². The van der Waals surface area contributed by atoms with Gasteiger partial charge in [0.2, 0.25) is 0 Å². The van der Waals surface area contributed by atoms with Gasteiger partial charge < -0.3 is 4.74 Å². The number of rotatable bonds is 8. The summed E-state index contributed by atoms with van der Waals surface area (Å²) in [7, 11) is 1.66. The van der Waals surface area contributed by atoms with E-state index in [0.717, 1.165) is 24.7 Å². The number of carbonyl (C=O) groups excluding carboxylic acids is 3. The first-order chi connectivity index (χ1) is 12.6. The Morgan fingerprint density at radius 2 is 1.62 bits per heavy atom. The van der Waals surface area contributed by atoms with E-state index in [4.69, 9.17) is 4.74 Å². The molecule has 0 spiro atoms. The second-order valence-electron chi connectivity index (χ2n) is 6.37. The molecule has 1 atom stereocenters. The van der Waals surface area contributed by atoms with Gasteiger partial charge in [-0.2, -0.15) is 0 Å². The molecule has 2 aromatic rings. The fraction of sp³-hybridized carbons (Fsp3) is 0.286. The van der Waals surface area contributed by atoms with Gasteiger partial charge in [0, 0.05) is 19.2 Å². The summed E-state index contributed by atoms with van der Waals surface area (Å²) in [4.78, 5) is 36.7. The lowest BCUT2D eigenvalue weighted by Crippen LogP contribution is -2.31. The quantitative estimate of drug-likeness (QED) is 0.541. The molecule has 0 saturated carbocycles. The molecule has 5 nitrogen and oxygen atoms in total. The Morgan fingerprint density at radius 1 is 1.00 bits per heavy atom. The lowest BCUT2D eigenvalue weighted by Gasteiger charge is -2.18. The van der Waals surface area contributed by atoms with Crippen molar-refractivity contribution in [1.82, 2.24) is 4.90 Å². The predicted molar refractivity (Wildman–Crippen MR) is 97.4 cm³/mol. The van der Waals surface area contributed by atoms with Crippen LogP contribution in [-0.2, 0) is 11.2 Å². The van der Waals surface area contributed by atoms with Crippen LogP contribution < -0.4 is 0 Å². The zero-order chi connectivity index (χ0) is 18.5. The van der Waals surface area contributed by atoms with E-state index >= 15 is 0 Å². The molecular weight excluding hydrogens is 330 g/mol. The van der Waals surface area contributed by atoms with Crippen LogP contribution in [-0.4, -0.2) is 42.8 Å². The van der Waals surface area contributed by atoms with Crippen LogP contribution in [0.15, 0.2) is 48.5 Å². The molecule has 5 heteroatoms. The molecule has 1 unspecified atom stereocenters. The highest BCUT2D eigenvalue weighted by molar-refractivity contribution is 6.21. The van der Waals surface area contributed by atoms with Crippen molar-refractivity contribution in [3.05, 3.63) is 70.8 Å². The number of benzene rings is 2. The van der Waals surface area contributed by atoms with Gasteiger partial charge in [0.25, 0.3) is 11.8 Å². The van der Waals surface area contributed by atoms with Gasteiger partial charge in [-0.05, 0) is 37.0 Å². The van der Waals surface area contributed by atoms with Crippen molar-refractivity contribution >= 4 is 18.1 Å². The van der Waals surface area contributed by atoms with E-state index in [2.05, 4.69) is 0 Å².